The van der Waals surface area contributed by atoms with E-state index in [-0.39, 0.29) is 28.3 Å². The first-order valence-electron chi connectivity index (χ1n) is 11.6. The molecule has 0 aliphatic heterocycles. The quantitative estimate of drug-likeness (QED) is 0.296. The largest absolute Gasteiger partial charge is 0.490 e. The van der Waals surface area contributed by atoms with E-state index in [9.17, 15) is 22.4 Å². The van der Waals surface area contributed by atoms with E-state index >= 15 is 0 Å². The molecule has 2 aromatic carbocycles. The van der Waals surface area contributed by atoms with Crippen LogP contribution in [0.4, 0.5) is 34.9 Å². The molecule has 0 atom stereocenters. The van der Waals surface area contributed by atoms with Crippen molar-refractivity contribution in [3.63, 3.8) is 0 Å². The van der Waals surface area contributed by atoms with Gasteiger partial charge in [-0.2, -0.15) is 13.2 Å². The van der Waals surface area contributed by atoms with Crippen molar-refractivity contribution in [2.75, 3.05) is 37.9 Å². The van der Waals surface area contributed by atoms with Crippen LogP contribution in [0.15, 0.2) is 48.8 Å². The summed E-state index contributed by atoms with van der Waals surface area (Å²) in [5, 5.41) is 5.86. The number of alkyl halides is 3. The molecule has 0 saturated carbocycles. The highest BCUT2D eigenvalue weighted by Crippen LogP contribution is 2.40. The zero-order chi connectivity index (χ0) is 27.6. The first-order valence-corrected chi connectivity index (χ1v) is 11.6. The Labute approximate surface area is 216 Å². The highest BCUT2D eigenvalue weighted by atomic mass is 19.4. The van der Waals surface area contributed by atoms with Gasteiger partial charge in [0.15, 0.2) is 0 Å². The third-order valence-electron chi connectivity index (χ3n) is 5.64. The van der Waals surface area contributed by atoms with Crippen LogP contribution in [-0.2, 0) is 18.0 Å². The molecule has 12 heteroatoms. The van der Waals surface area contributed by atoms with Crippen molar-refractivity contribution in [3.8, 4) is 17.0 Å². The molecule has 4 rings (SSSR count). The summed E-state index contributed by atoms with van der Waals surface area (Å²) in [7, 11) is 5.35. The molecule has 0 aliphatic carbocycles. The fourth-order valence-electron chi connectivity index (χ4n) is 3.95. The number of likely N-dealkylation sites (N-methyl/N-ethyl adjacent to an activating group) is 1. The fourth-order valence-corrected chi connectivity index (χ4v) is 3.95. The van der Waals surface area contributed by atoms with E-state index in [1.165, 1.54) is 35.9 Å². The van der Waals surface area contributed by atoms with Gasteiger partial charge in [0.2, 0.25) is 11.9 Å². The predicted molar refractivity (Wildman–Crippen MR) is 137 cm³/mol. The van der Waals surface area contributed by atoms with E-state index in [1.807, 2.05) is 19.0 Å². The number of fused-ring (bicyclic) bond motifs is 1. The number of nitrogens with zero attached hydrogens (tertiary/aromatic N) is 4. The number of para-hydroxylation sites is 1. The Morgan fingerprint density at radius 1 is 1.18 bits per heavy atom. The molecule has 0 spiro atoms. The van der Waals surface area contributed by atoms with E-state index in [2.05, 4.69) is 20.6 Å². The van der Waals surface area contributed by atoms with Gasteiger partial charge in [0.05, 0.1) is 16.9 Å². The minimum absolute atomic E-state index is 0.114. The second kappa shape index (κ2) is 10.7. The number of anilines is 3. The van der Waals surface area contributed by atoms with Crippen LogP contribution in [0.25, 0.3) is 22.2 Å². The van der Waals surface area contributed by atoms with E-state index in [0.717, 1.165) is 0 Å². The monoisotopic (exact) mass is 530 g/mol. The van der Waals surface area contributed by atoms with Crippen LogP contribution in [0.2, 0.25) is 0 Å². The molecule has 0 radical (unpaired) electrons. The van der Waals surface area contributed by atoms with Gasteiger partial charge in [0, 0.05) is 49.5 Å². The normalized spacial score (nSPS) is 11.7. The minimum atomic E-state index is -4.74. The summed E-state index contributed by atoms with van der Waals surface area (Å²) in [6.07, 6.45) is -2.65. The number of aryl methyl sites for hydroxylation is 1. The highest BCUT2D eigenvalue weighted by molar-refractivity contribution is 5.96. The molecular formula is C26H26F4N6O2. The maximum absolute atomic E-state index is 14.4. The molecule has 0 bridgehead atoms. The maximum atomic E-state index is 14.4. The van der Waals surface area contributed by atoms with Crippen molar-refractivity contribution < 1.29 is 27.1 Å². The fraction of sp³-hybridized carbons (Fsp3) is 0.269. The summed E-state index contributed by atoms with van der Waals surface area (Å²) in [5.41, 5.74) is -0.390. The number of rotatable bonds is 8. The first kappa shape index (κ1) is 26.9. The van der Waals surface area contributed by atoms with E-state index < -0.39 is 23.3 Å². The third-order valence-corrected chi connectivity index (χ3v) is 5.64. The Morgan fingerprint density at radius 2 is 1.95 bits per heavy atom. The molecule has 200 valence electrons. The van der Waals surface area contributed by atoms with Gasteiger partial charge in [0.25, 0.3) is 0 Å². The number of hydrogen-bond donors (Lipinski definition) is 2. The summed E-state index contributed by atoms with van der Waals surface area (Å²) in [6, 6.07) is 9.04. The van der Waals surface area contributed by atoms with E-state index in [1.54, 1.807) is 25.2 Å². The second-order valence-electron chi connectivity index (χ2n) is 8.91. The Hall–Kier alpha value is -4.19. The van der Waals surface area contributed by atoms with Gasteiger partial charge < -0.3 is 24.8 Å². The molecule has 0 saturated heterocycles. The average Bonchev–Trinajstić information content (AvgIpc) is 3.16. The van der Waals surface area contributed by atoms with Crippen molar-refractivity contribution in [1.29, 1.82) is 0 Å². The van der Waals surface area contributed by atoms with Crippen molar-refractivity contribution >= 4 is 34.1 Å². The Bertz CT molecular complexity index is 1480. The molecule has 1 amide bonds. The number of aromatic nitrogens is 3. The van der Waals surface area contributed by atoms with Crippen LogP contribution in [0.5, 0.6) is 5.75 Å². The number of nitrogens with one attached hydrogen (secondary N) is 2. The number of carbonyl (C=O) groups excluding carboxylic acids is 1. The van der Waals surface area contributed by atoms with E-state index in [0.29, 0.717) is 36.5 Å². The van der Waals surface area contributed by atoms with Gasteiger partial charge >= 0.3 is 6.18 Å². The van der Waals surface area contributed by atoms with Crippen LogP contribution in [-0.4, -0.2) is 52.6 Å². The Kier molecular flexibility index (Phi) is 7.53. The summed E-state index contributed by atoms with van der Waals surface area (Å²) in [6.45, 7) is 2.38. The molecule has 4 aromatic rings. The Morgan fingerprint density at radius 3 is 2.63 bits per heavy atom. The molecule has 0 fully saturated rings. The topological polar surface area (TPSA) is 84.3 Å². The zero-order valence-corrected chi connectivity index (χ0v) is 21.2. The lowest BCUT2D eigenvalue weighted by molar-refractivity contribution is -0.137. The van der Waals surface area contributed by atoms with Crippen molar-refractivity contribution in [1.82, 2.24) is 19.4 Å². The van der Waals surface area contributed by atoms with Crippen molar-refractivity contribution in [3.05, 3.63) is 60.2 Å². The van der Waals surface area contributed by atoms with Gasteiger partial charge in [-0.1, -0.05) is 12.1 Å². The second-order valence-corrected chi connectivity index (χ2v) is 8.91. The minimum Gasteiger partial charge on any atom is -0.490 e. The molecule has 0 aliphatic rings. The van der Waals surface area contributed by atoms with Gasteiger partial charge in [-0.3, -0.25) is 4.79 Å². The van der Waals surface area contributed by atoms with E-state index in [4.69, 9.17) is 4.74 Å². The summed E-state index contributed by atoms with van der Waals surface area (Å²) < 4.78 is 63.3. The van der Waals surface area contributed by atoms with Gasteiger partial charge in [-0.05, 0) is 38.4 Å². The summed E-state index contributed by atoms with van der Waals surface area (Å²) in [4.78, 5) is 21.7. The molecule has 38 heavy (non-hydrogen) atoms. The lowest BCUT2D eigenvalue weighted by Crippen LogP contribution is -2.20. The smallest absolute Gasteiger partial charge is 0.419 e. The summed E-state index contributed by atoms with van der Waals surface area (Å²) in [5.74, 6) is -0.567. The standard InChI is InChI=1S/C26H26F4N6O2/c1-15(37)32-21-12-16(8-9-22(21)38-11-10-35(2)3)33-25-31-13-19(26(28,29)30)23(34-25)18-14-36(4)24-17(18)6-5-7-20(24)27/h5-9,12-14H,10-11H2,1-4H3,(H,32,37)(H,31,33,34). The molecule has 0 unspecified atom stereocenters. The molecule has 2 N–H and O–H groups in total. The maximum Gasteiger partial charge on any atom is 0.419 e. The molecular weight excluding hydrogens is 504 g/mol. The number of ether oxygens (including phenoxy) is 1. The lowest BCUT2D eigenvalue weighted by atomic mass is 10.1. The predicted octanol–water partition coefficient (Wildman–Crippen LogP) is 5.44. The Balaban J connectivity index is 1.73. The number of halogens is 4. The molecule has 8 nitrogen and oxygen atoms in total. The van der Waals surface area contributed by atoms with Crippen LogP contribution in [0.3, 0.4) is 0 Å². The summed E-state index contributed by atoms with van der Waals surface area (Å²) >= 11 is 0. The van der Waals surface area contributed by atoms with Crippen LogP contribution in [0.1, 0.15) is 12.5 Å². The number of hydrogen-bond acceptors (Lipinski definition) is 6. The van der Waals surface area contributed by atoms with Crippen molar-refractivity contribution in [2.45, 2.75) is 13.1 Å². The zero-order valence-electron chi connectivity index (χ0n) is 21.2. The number of amides is 1. The van der Waals surface area contributed by atoms with Crippen LogP contribution >= 0.6 is 0 Å². The van der Waals surface area contributed by atoms with Gasteiger partial charge in [0.1, 0.15) is 23.7 Å². The third kappa shape index (κ3) is 5.86. The highest BCUT2D eigenvalue weighted by Gasteiger charge is 2.36. The van der Waals surface area contributed by atoms with Gasteiger partial charge in [-0.15, -0.1) is 0 Å². The first-order chi connectivity index (χ1) is 17.9. The lowest BCUT2D eigenvalue weighted by Gasteiger charge is -2.16. The molecule has 2 heterocycles. The molecule has 2 aromatic heterocycles. The SMILES string of the molecule is CC(=O)Nc1cc(Nc2ncc(C(F)(F)F)c(-c3cn(C)c4c(F)cccc34)n2)ccc1OCCN(C)C. The van der Waals surface area contributed by atoms with Crippen LogP contribution in [0, 0.1) is 5.82 Å². The number of benzene rings is 2. The van der Waals surface area contributed by atoms with Crippen LogP contribution < -0.4 is 15.4 Å². The van der Waals surface area contributed by atoms with Crippen molar-refractivity contribution in [2.24, 2.45) is 7.05 Å². The number of carbonyl (C=O) groups is 1. The average molecular weight is 531 g/mol. The van der Waals surface area contributed by atoms with Gasteiger partial charge in [-0.25, -0.2) is 14.4 Å².